The van der Waals surface area contributed by atoms with Crippen molar-refractivity contribution in [2.24, 2.45) is 11.1 Å². The van der Waals surface area contributed by atoms with Crippen LogP contribution in [0, 0.1) is 12.3 Å². The van der Waals surface area contributed by atoms with Crippen molar-refractivity contribution in [2.45, 2.75) is 38.8 Å². The summed E-state index contributed by atoms with van der Waals surface area (Å²) < 4.78 is 8.03. The summed E-state index contributed by atoms with van der Waals surface area (Å²) in [6.07, 6.45) is 8.06. The van der Waals surface area contributed by atoms with Crippen molar-refractivity contribution in [3.8, 4) is 11.1 Å². The number of fused-ring (bicyclic) bond motifs is 2. The molecule has 160 valence electrons. The van der Waals surface area contributed by atoms with E-state index in [1.807, 2.05) is 18.6 Å². The molecule has 2 atom stereocenters. The van der Waals surface area contributed by atoms with Crippen LogP contribution in [0.4, 0.5) is 5.95 Å². The van der Waals surface area contributed by atoms with Crippen molar-refractivity contribution in [3.63, 3.8) is 0 Å². The molecule has 0 bridgehead atoms. The van der Waals surface area contributed by atoms with Crippen LogP contribution in [0.3, 0.4) is 0 Å². The maximum absolute atomic E-state index is 6.51. The second kappa shape index (κ2) is 6.80. The Labute approximate surface area is 181 Å². The molecule has 1 aromatic carbocycles. The highest BCUT2D eigenvalue weighted by atomic mass is 16.5. The van der Waals surface area contributed by atoms with Gasteiger partial charge in [-0.15, -0.1) is 0 Å². The van der Waals surface area contributed by atoms with Crippen LogP contribution in [0.1, 0.15) is 25.5 Å². The predicted molar refractivity (Wildman–Crippen MR) is 122 cm³/mol. The van der Waals surface area contributed by atoms with Crippen LogP contribution in [0.25, 0.3) is 27.7 Å². The fraction of sp³-hybridized carbons (Fsp3) is 0.417. The molecule has 0 amide bonds. The third-order valence-corrected chi connectivity index (χ3v) is 7.45. The van der Waals surface area contributed by atoms with Gasteiger partial charge in [-0.25, -0.2) is 9.97 Å². The van der Waals surface area contributed by atoms with E-state index in [9.17, 15) is 0 Å². The van der Waals surface area contributed by atoms with E-state index in [0.29, 0.717) is 0 Å². The summed E-state index contributed by atoms with van der Waals surface area (Å²) in [7, 11) is 0. The van der Waals surface area contributed by atoms with Gasteiger partial charge in [-0.05, 0) is 38.1 Å². The SMILES string of the molecule is Cc1nc(N2CCC3(CC2)CO[C@@H](C)[C@H]3N)n2ccnc2c1-c1cccc2cc[nH]c12. The standard InChI is InChI=1S/C24H28N6O/c1-15-19(18-5-3-4-17-6-9-26-20(17)18)22-27-10-13-30(22)23(28-15)29-11-7-24(8-12-29)14-31-16(2)21(24)25/h3-6,9-10,13,16,21,26H,7-8,11-12,14,25H2,1-2H3/t16-,21+/m0/s1. The van der Waals surface area contributed by atoms with Gasteiger partial charge in [0.2, 0.25) is 5.95 Å². The van der Waals surface area contributed by atoms with Crippen LogP contribution in [-0.4, -0.2) is 51.2 Å². The lowest BCUT2D eigenvalue weighted by atomic mass is 9.73. The van der Waals surface area contributed by atoms with Gasteiger partial charge in [0.25, 0.3) is 0 Å². The number of piperidine rings is 1. The number of nitrogens with one attached hydrogen (secondary N) is 1. The van der Waals surface area contributed by atoms with Crippen LogP contribution in [-0.2, 0) is 4.74 Å². The Bertz CT molecular complexity index is 1270. The van der Waals surface area contributed by atoms with E-state index in [-0.39, 0.29) is 17.6 Å². The maximum Gasteiger partial charge on any atom is 0.211 e. The van der Waals surface area contributed by atoms with E-state index in [1.165, 1.54) is 5.39 Å². The second-order valence-electron chi connectivity index (χ2n) is 9.13. The highest BCUT2D eigenvalue weighted by Crippen LogP contribution is 2.42. The van der Waals surface area contributed by atoms with Gasteiger partial charge in [0.05, 0.1) is 23.9 Å². The number of benzene rings is 1. The molecule has 2 saturated heterocycles. The van der Waals surface area contributed by atoms with E-state index in [0.717, 1.165) is 66.5 Å². The molecule has 1 spiro atoms. The molecule has 3 N–H and O–H groups in total. The first-order chi connectivity index (χ1) is 15.1. The number of nitrogens with two attached hydrogens (primary N) is 1. The van der Waals surface area contributed by atoms with Crippen LogP contribution in [0.2, 0.25) is 0 Å². The van der Waals surface area contributed by atoms with Crippen molar-refractivity contribution in [1.82, 2.24) is 19.4 Å². The monoisotopic (exact) mass is 416 g/mol. The Morgan fingerprint density at radius 2 is 2.06 bits per heavy atom. The van der Waals surface area contributed by atoms with Crippen molar-refractivity contribution >= 4 is 22.5 Å². The number of H-pyrrole nitrogens is 1. The Hall–Kier alpha value is -2.90. The number of anilines is 1. The molecular formula is C24H28N6O. The summed E-state index contributed by atoms with van der Waals surface area (Å²) in [5.41, 5.74) is 11.9. The van der Waals surface area contributed by atoms with Gasteiger partial charge in [0.15, 0.2) is 0 Å². The van der Waals surface area contributed by atoms with Gasteiger partial charge < -0.3 is 20.4 Å². The zero-order valence-corrected chi connectivity index (χ0v) is 18.0. The number of nitrogens with zero attached hydrogens (tertiary/aromatic N) is 4. The first-order valence-electron chi connectivity index (χ1n) is 11.1. The molecule has 0 radical (unpaired) electrons. The minimum Gasteiger partial charge on any atom is -0.376 e. The average molecular weight is 417 g/mol. The van der Waals surface area contributed by atoms with Gasteiger partial charge >= 0.3 is 0 Å². The van der Waals surface area contributed by atoms with Crippen molar-refractivity contribution in [3.05, 3.63) is 48.5 Å². The van der Waals surface area contributed by atoms with Crippen LogP contribution in [0.5, 0.6) is 0 Å². The van der Waals surface area contributed by atoms with Gasteiger partial charge in [0.1, 0.15) is 5.65 Å². The number of ether oxygens (including phenoxy) is 1. The third kappa shape index (κ3) is 2.73. The molecule has 6 rings (SSSR count). The Balaban J connectivity index is 1.40. The van der Waals surface area contributed by atoms with Gasteiger partial charge in [-0.3, -0.25) is 4.40 Å². The Morgan fingerprint density at radius 3 is 2.84 bits per heavy atom. The third-order valence-electron chi connectivity index (χ3n) is 7.45. The van der Waals surface area contributed by atoms with Crippen molar-refractivity contribution in [1.29, 1.82) is 0 Å². The largest absolute Gasteiger partial charge is 0.376 e. The molecule has 2 fully saturated rings. The van der Waals surface area contributed by atoms with Crippen LogP contribution >= 0.6 is 0 Å². The first kappa shape index (κ1) is 18.8. The van der Waals surface area contributed by atoms with E-state index in [2.05, 4.69) is 52.4 Å². The molecule has 0 aliphatic carbocycles. The molecule has 0 unspecified atom stereocenters. The number of hydrogen-bond donors (Lipinski definition) is 2. The minimum absolute atomic E-state index is 0.0994. The van der Waals surface area contributed by atoms with Crippen LogP contribution < -0.4 is 10.6 Å². The highest BCUT2D eigenvalue weighted by molar-refractivity contribution is 5.98. The zero-order chi connectivity index (χ0) is 21.2. The summed E-state index contributed by atoms with van der Waals surface area (Å²) in [5, 5.41) is 1.19. The van der Waals surface area contributed by atoms with E-state index in [4.69, 9.17) is 20.4 Å². The number of aromatic amines is 1. The highest BCUT2D eigenvalue weighted by Gasteiger charge is 2.47. The van der Waals surface area contributed by atoms with Gasteiger partial charge in [-0.1, -0.05) is 18.2 Å². The van der Waals surface area contributed by atoms with E-state index >= 15 is 0 Å². The lowest BCUT2D eigenvalue weighted by Gasteiger charge is -2.41. The second-order valence-corrected chi connectivity index (χ2v) is 9.13. The number of imidazole rings is 1. The lowest BCUT2D eigenvalue weighted by Crippen LogP contribution is -2.51. The quantitative estimate of drug-likeness (QED) is 0.522. The summed E-state index contributed by atoms with van der Waals surface area (Å²) >= 11 is 0. The van der Waals surface area contributed by atoms with E-state index in [1.54, 1.807) is 0 Å². The summed E-state index contributed by atoms with van der Waals surface area (Å²) in [4.78, 5) is 15.6. The fourth-order valence-corrected chi connectivity index (χ4v) is 5.53. The molecule has 5 heterocycles. The van der Waals surface area contributed by atoms with Crippen molar-refractivity contribution in [2.75, 3.05) is 24.6 Å². The maximum atomic E-state index is 6.51. The fourth-order valence-electron chi connectivity index (χ4n) is 5.53. The summed E-state index contributed by atoms with van der Waals surface area (Å²) in [6, 6.07) is 8.57. The molecule has 7 nitrogen and oxygen atoms in total. The molecule has 3 aromatic heterocycles. The van der Waals surface area contributed by atoms with Gasteiger partial charge in [0, 0.05) is 54.3 Å². The topological polar surface area (TPSA) is 84.5 Å². The minimum atomic E-state index is 0.0994. The smallest absolute Gasteiger partial charge is 0.211 e. The molecule has 31 heavy (non-hydrogen) atoms. The number of rotatable bonds is 2. The van der Waals surface area contributed by atoms with Crippen LogP contribution in [0.15, 0.2) is 42.9 Å². The number of para-hydroxylation sites is 1. The summed E-state index contributed by atoms with van der Waals surface area (Å²) in [5.74, 6) is 0.961. The molecule has 4 aromatic rings. The molecule has 2 aliphatic heterocycles. The Morgan fingerprint density at radius 1 is 1.23 bits per heavy atom. The van der Waals surface area contributed by atoms with E-state index < -0.39 is 0 Å². The average Bonchev–Trinajstić information content (AvgIpc) is 3.51. The summed E-state index contributed by atoms with van der Waals surface area (Å²) in [6.45, 7) is 6.80. The molecular weight excluding hydrogens is 388 g/mol. The van der Waals surface area contributed by atoms with Gasteiger partial charge in [-0.2, -0.15) is 0 Å². The molecule has 0 saturated carbocycles. The lowest BCUT2D eigenvalue weighted by molar-refractivity contribution is 0.0973. The number of aromatic nitrogens is 4. The first-order valence-corrected chi connectivity index (χ1v) is 11.1. The Kier molecular flexibility index (Phi) is 4.13. The zero-order valence-electron chi connectivity index (χ0n) is 18.0. The van der Waals surface area contributed by atoms with Crippen molar-refractivity contribution < 1.29 is 4.74 Å². The number of aryl methyl sites for hydroxylation is 1. The number of hydrogen-bond acceptors (Lipinski definition) is 5. The molecule has 7 heteroatoms. The predicted octanol–water partition coefficient (Wildman–Crippen LogP) is 3.52. The molecule has 2 aliphatic rings. The normalized spacial score (nSPS) is 23.4.